The number of carbonyl (C=O) groups excluding carboxylic acids is 1. The summed E-state index contributed by atoms with van der Waals surface area (Å²) in [7, 11) is 3.19. The van der Waals surface area contributed by atoms with E-state index < -0.39 is 11.6 Å². The van der Waals surface area contributed by atoms with Gasteiger partial charge in [-0.05, 0) is 13.3 Å². The van der Waals surface area contributed by atoms with Crippen LogP contribution in [0, 0.1) is 0 Å². The second kappa shape index (κ2) is 5.70. The summed E-state index contributed by atoms with van der Waals surface area (Å²) in [4.78, 5) is 23.3. The molecule has 84 valence electrons. The molecular weight excluding hydrogens is 208 g/mol. The summed E-state index contributed by atoms with van der Waals surface area (Å²) in [6, 6.07) is 0. The molecule has 1 unspecified atom stereocenters. The molecule has 0 aliphatic carbocycles. The van der Waals surface area contributed by atoms with Gasteiger partial charge in [0.25, 0.3) is 0 Å². The number of rotatable bonds is 3. The zero-order valence-electron chi connectivity index (χ0n) is 8.83. The van der Waals surface area contributed by atoms with Crippen LogP contribution in [0.15, 0.2) is 0 Å². The molecule has 0 radical (unpaired) electrons. The van der Waals surface area contributed by atoms with E-state index in [9.17, 15) is 9.59 Å². The highest BCUT2D eigenvalue weighted by atomic mass is 35.5. The Morgan fingerprint density at radius 2 is 1.86 bits per heavy atom. The van der Waals surface area contributed by atoms with E-state index in [4.69, 9.17) is 5.11 Å². The Balaban J connectivity index is 0. The maximum atomic E-state index is 11.5. The van der Waals surface area contributed by atoms with Crippen LogP contribution in [-0.4, -0.2) is 41.6 Å². The average Bonchev–Trinajstić information content (AvgIpc) is 2.01. The minimum Gasteiger partial charge on any atom is -0.465 e. The molecule has 0 aromatic rings. The average molecular weight is 225 g/mol. The van der Waals surface area contributed by atoms with E-state index in [2.05, 4.69) is 5.32 Å². The predicted molar refractivity (Wildman–Crippen MR) is 55.8 cm³/mol. The van der Waals surface area contributed by atoms with Crippen molar-refractivity contribution in [3.05, 3.63) is 0 Å². The molecule has 0 saturated heterocycles. The van der Waals surface area contributed by atoms with Crippen molar-refractivity contribution in [3.8, 4) is 0 Å². The van der Waals surface area contributed by atoms with Crippen molar-refractivity contribution in [3.63, 3.8) is 0 Å². The number of carboxylic acid groups (broad SMARTS) is 1. The Labute approximate surface area is 89.9 Å². The van der Waals surface area contributed by atoms with E-state index in [-0.39, 0.29) is 18.3 Å². The molecule has 6 heteroatoms. The maximum Gasteiger partial charge on any atom is 0.405 e. The number of nitrogens with zero attached hydrogens (tertiary/aromatic N) is 1. The predicted octanol–water partition coefficient (Wildman–Crippen LogP) is 0.933. The Hall–Kier alpha value is -0.970. The summed E-state index contributed by atoms with van der Waals surface area (Å²) in [6.45, 7) is 3.33. The van der Waals surface area contributed by atoms with E-state index in [1.54, 1.807) is 27.9 Å². The lowest BCUT2D eigenvalue weighted by Crippen LogP contribution is -2.55. The van der Waals surface area contributed by atoms with Gasteiger partial charge in [0, 0.05) is 14.1 Å². The first kappa shape index (κ1) is 15.5. The van der Waals surface area contributed by atoms with Gasteiger partial charge in [-0.1, -0.05) is 6.92 Å². The van der Waals surface area contributed by atoms with Crippen molar-refractivity contribution in [1.29, 1.82) is 0 Å². The third kappa shape index (κ3) is 3.83. The van der Waals surface area contributed by atoms with E-state index in [0.29, 0.717) is 6.42 Å². The van der Waals surface area contributed by atoms with Gasteiger partial charge in [0.1, 0.15) is 5.54 Å². The van der Waals surface area contributed by atoms with Crippen LogP contribution in [0.5, 0.6) is 0 Å². The van der Waals surface area contributed by atoms with Crippen LogP contribution in [0.1, 0.15) is 20.3 Å². The molecule has 0 fully saturated rings. The topological polar surface area (TPSA) is 69.6 Å². The van der Waals surface area contributed by atoms with E-state index in [0.717, 1.165) is 0 Å². The summed E-state index contributed by atoms with van der Waals surface area (Å²) >= 11 is 0. The highest BCUT2D eigenvalue weighted by molar-refractivity contribution is 5.88. The largest absolute Gasteiger partial charge is 0.465 e. The van der Waals surface area contributed by atoms with Gasteiger partial charge < -0.3 is 15.3 Å². The summed E-state index contributed by atoms with van der Waals surface area (Å²) in [5.74, 6) is -0.239. The standard InChI is InChI=1S/C8H16N2O3.ClH/c1-5-8(2,9-7(12)13)6(11)10(3)4;/h9H,5H2,1-4H3,(H,12,13);1H. The Morgan fingerprint density at radius 1 is 1.43 bits per heavy atom. The quantitative estimate of drug-likeness (QED) is 0.750. The minimum absolute atomic E-state index is 0. The monoisotopic (exact) mass is 224 g/mol. The van der Waals surface area contributed by atoms with Crippen molar-refractivity contribution in [2.45, 2.75) is 25.8 Å². The molecule has 0 spiro atoms. The molecule has 0 rings (SSSR count). The second-order valence-corrected chi connectivity index (χ2v) is 3.32. The Kier molecular flexibility index (Phi) is 6.31. The van der Waals surface area contributed by atoms with Crippen LogP contribution < -0.4 is 5.32 Å². The normalized spacial score (nSPS) is 13.4. The van der Waals surface area contributed by atoms with Crippen LogP contribution >= 0.6 is 12.4 Å². The molecule has 0 aromatic carbocycles. The number of amides is 2. The lowest BCUT2D eigenvalue weighted by molar-refractivity contribution is -0.135. The number of hydrogen-bond acceptors (Lipinski definition) is 2. The lowest BCUT2D eigenvalue weighted by atomic mass is 9.97. The molecule has 0 aromatic heterocycles. The molecule has 2 N–H and O–H groups in total. The van der Waals surface area contributed by atoms with Gasteiger partial charge in [-0.2, -0.15) is 0 Å². The van der Waals surface area contributed by atoms with Crippen LogP contribution in [0.2, 0.25) is 0 Å². The molecule has 0 aliphatic heterocycles. The number of halogens is 1. The molecule has 0 saturated carbocycles. The fourth-order valence-electron chi connectivity index (χ4n) is 1.02. The van der Waals surface area contributed by atoms with Gasteiger partial charge in [-0.15, -0.1) is 12.4 Å². The molecule has 0 bridgehead atoms. The van der Waals surface area contributed by atoms with Crippen LogP contribution in [0.3, 0.4) is 0 Å². The summed E-state index contributed by atoms with van der Waals surface area (Å²) in [5, 5.41) is 10.7. The van der Waals surface area contributed by atoms with Crippen LogP contribution in [-0.2, 0) is 4.79 Å². The van der Waals surface area contributed by atoms with Crippen molar-refractivity contribution in [1.82, 2.24) is 10.2 Å². The molecule has 1 atom stereocenters. The van der Waals surface area contributed by atoms with Gasteiger partial charge in [0.15, 0.2) is 0 Å². The molecule has 0 aliphatic rings. The third-order valence-corrected chi connectivity index (χ3v) is 1.97. The number of nitrogens with one attached hydrogen (secondary N) is 1. The van der Waals surface area contributed by atoms with Gasteiger partial charge in [-0.25, -0.2) is 4.79 Å². The van der Waals surface area contributed by atoms with Crippen molar-refractivity contribution < 1.29 is 14.7 Å². The highest BCUT2D eigenvalue weighted by Crippen LogP contribution is 2.11. The van der Waals surface area contributed by atoms with Crippen LogP contribution in [0.25, 0.3) is 0 Å². The number of carbonyl (C=O) groups is 2. The first-order valence-electron chi connectivity index (χ1n) is 4.06. The van der Waals surface area contributed by atoms with Gasteiger partial charge >= 0.3 is 6.09 Å². The highest BCUT2D eigenvalue weighted by Gasteiger charge is 2.34. The fraction of sp³-hybridized carbons (Fsp3) is 0.750. The molecule has 2 amide bonds. The zero-order valence-corrected chi connectivity index (χ0v) is 9.64. The zero-order chi connectivity index (χ0) is 10.6. The Morgan fingerprint density at radius 3 is 2.07 bits per heavy atom. The molecule has 5 nitrogen and oxygen atoms in total. The smallest absolute Gasteiger partial charge is 0.405 e. The van der Waals surface area contributed by atoms with Crippen molar-refractivity contribution in [2.24, 2.45) is 0 Å². The van der Waals surface area contributed by atoms with Gasteiger partial charge in [0.2, 0.25) is 5.91 Å². The summed E-state index contributed by atoms with van der Waals surface area (Å²) in [6.07, 6.45) is -0.754. The first-order valence-corrected chi connectivity index (χ1v) is 4.06. The van der Waals surface area contributed by atoms with Crippen molar-refractivity contribution in [2.75, 3.05) is 14.1 Å². The lowest BCUT2D eigenvalue weighted by Gasteiger charge is -2.29. The molecular formula is C8H17ClN2O3. The van der Waals surface area contributed by atoms with E-state index in [1.807, 2.05) is 0 Å². The minimum atomic E-state index is -1.18. The third-order valence-electron chi connectivity index (χ3n) is 1.97. The number of hydrogen-bond donors (Lipinski definition) is 2. The van der Waals surface area contributed by atoms with Crippen LogP contribution in [0.4, 0.5) is 4.79 Å². The molecule has 14 heavy (non-hydrogen) atoms. The number of likely N-dealkylation sites (N-methyl/N-ethyl adjacent to an activating group) is 1. The fourth-order valence-corrected chi connectivity index (χ4v) is 1.02. The first-order chi connectivity index (χ1) is 5.83. The summed E-state index contributed by atoms with van der Waals surface area (Å²) in [5.41, 5.74) is -1.02. The SMILES string of the molecule is CCC(C)(NC(=O)O)C(=O)N(C)C.Cl. The second-order valence-electron chi connectivity index (χ2n) is 3.32. The molecule has 0 heterocycles. The summed E-state index contributed by atoms with van der Waals surface area (Å²) < 4.78 is 0. The van der Waals surface area contributed by atoms with Gasteiger partial charge in [0.05, 0.1) is 0 Å². The van der Waals surface area contributed by atoms with E-state index >= 15 is 0 Å². The van der Waals surface area contributed by atoms with E-state index in [1.165, 1.54) is 4.90 Å². The maximum absolute atomic E-state index is 11.5. The van der Waals surface area contributed by atoms with Crippen molar-refractivity contribution >= 4 is 24.4 Å². The Bertz CT molecular complexity index is 221. The van der Waals surface area contributed by atoms with Gasteiger partial charge in [-0.3, -0.25) is 4.79 Å².